The van der Waals surface area contributed by atoms with Gasteiger partial charge in [-0.15, -0.1) is 10.2 Å². The number of thioether (sulfide) groups is 1. The summed E-state index contributed by atoms with van der Waals surface area (Å²) in [4.78, 5) is 15.2. The molecule has 2 fully saturated rings. The zero-order chi connectivity index (χ0) is 21.2. The number of ketones is 1. The Morgan fingerprint density at radius 1 is 0.935 bits per heavy atom. The van der Waals surface area contributed by atoms with Crippen molar-refractivity contribution in [3.05, 3.63) is 58.6 Å². The normalized spacial score (nSPS) is 16.5. The molecule has 160 valence electrons. The minimum absolute atomic E-state index is 0.122. The summed E-state index contributed by atoms with van der Waals surface area (Å²) in [5.74, 6) is 1.50. The third kappa shape index (κ3) is 4.72. The Morgan fingerprint density at radius 2 is 1.58 bits per heavy atom. The van der Waals surface area contributed by atoms with Crippen LogP contribution >= 0.6 is 27.7 Å². The number of halogens is 1. The van der Waals surface area contributed by atoms with Crippen LogP contribution in [0.5, 0.6) is 0 Å². The van der Waals surface area contributed by atoms with E-state index in [0.717, 1.165) is 45.4 Å². The van der Waals surface area contributed by atoms with Crippen molar-refractivity contribution in [2.45, 2.75) is 43.3 Å². The second-order valence-corrected chi connectivity index (χ2v) is 10.1. The van der Waals surface area contributed by atoms with Crippen LogP contribution in [0.4, 0.5) is 5.95 Å². The van der Waals surface area contributed by atoms with Gasteiger partial charge in [-0.3, -0.25) is 9.36 Å². The van der Waals surface area contributed by atoms with E-state index < -0.39 is 0 Å². The van der Waals surface area contributed by atoms with Gasteiger partial charge in [-0.1, -0.05) is 64.1 Å². The van der Waals surface area contributed by atoms with E-state index in [1.807, 2.05) is 36.4 Å². The third-order valence-electron chi connectivity index (χ3n) is 5.91. The summed E-state index contributed by atoms with van der Waals surface area (Å²) >= 11 is 4.98. The van der Waals surface area contributed by atoms with Crippen molar-refractivity contribution in [3.8, 4) is 11.1 Å². The largest absolute Gasteiger partial charge is 0.341 e. The monoisotopic (exact) mass is 496 g/mol. The van der Waals surface area contributed by atoms with Gasteiger partial charge < -0.3 is 4.90 Å². The number of benzene rings is 2. The second-order valence-electron chi connectivity index (χ2n) is 8.23. The quantitative estimate of drug-likeness (QED) is 0.296. The summed E-state index contributed by atoms with van der Waals surface area (Å²) in [6.45, 7) is 2.11. The highest BCUT2D eigenvalue weighted by atomic mass is 79.9. The van der Waals surface area contributed by atoms with Crippen LogP contribution in [0, 0.1) is 0 Å². The van der Waals surface area contributed by atoms with Gasteiger partial charge in [0.1, 0.15) is 0 Å². The first-order valence-electron chi connectivity index (χ1n) is 10.9. The lowest BCUT2D eigenvalue weighted by molar-refractivity contribution is 0.102. The standard InChI is InChI=1S/C24H25BrN4OS/c25-20-10-8-18(9-11-20)17-4-6-19(7-5-17)22(30)16-31-24-27-26-23(29(24)21-12-13-21)28-14-2-1-3-15-28/h4-11,21H,1-3,12-16H2. The zero-order valence-corrected chi connectivity index (χ0v) is 19.7. The Morgan fingerprint density at radius 3 is 2.23 bits per heavy atom. The maximum atomic E-state index is 12.8. The molecule has 7 heteroatoms. The van der Waals surface area contributed by atoms with Crippen LogP contribution < -0.4 is 4.90 Å². The van der Waals surface area contributed by atoms with Crippen LogP contribution in [0.1, 0.15) is 48.5 Å². The molecule has 0 N–H and O–H groups in total. The molecule has 0 spiro atoms. The molecule has 0 bridgehead atoms. The van der Waals surface area contributed by atoms with Gasteiger partial charge in [0.05, 0.1) is 5.75 Å². The van der Waals surface area contributed by atoms with Gasteiger partial charge in [-0.05, 0) is 55.4 Å². The van der Waals surface area contributed by atoms with E-state index in [9.17, 15) is 4.79 Å². The molecule has 0 amide bonds. The van der Waals surface area contributed by atoms with Crippen molar-refractivity contribution in [1.82, 2.24) is 14.8 Å². The fourth-order valence-electron chi connectivity index (χ4n) is 4.03. The Hall–Kier alpha value is -2.12. The first kappa shape index (κ1) is 20.8. The first-order valence-corrected chi connectivity index (χ1v) is 12.7. The summed E-state index contributed by atoms with van der Waals surface area (Å²) in [6, 6.07) is 16.6. The molecule has 2 aliphatic rings. The predicted molar refractivity (Wildman–Crippen MR) is 129 cm³/mol. The number of anilines is 1. The number of carbonyl (C=O) groups excluding carboxylic acids is 1. The van der Waals surface area contributed by atoms with Gasteiger partial charge >= 0.3 is 0 Å². The van der Waals surface area contributed by atoms with Crippen molar-refractivity contribution in [2.75, 3.05) is 23.7 Å². The number of aromatic nitrogens is 3. The van der Waals surface area contributed by atoms with Gasteiger partial charge in [0.2, 0.25) is 5.95 Å². The molecular weight excluding hydrogens is 472 g/mol. The SMILES string of the molecule is O=C(CSc1nnc(N2CCCCC2)n1C1CC1)c1ccc(-c2ccc(Br)cc2)cc1. The van der Waals surface area contributed by atoms with Gasteiger partial charge in [-0.2, -0.15) is 0 Å². The molecule has 1 aliphatic carbocycles. The summed E-state index contributed by atoms with van der Waals surface area (Å²) in [6.07, 6.45) is 6.09. The molecule has 2 heterocycles. The van der Waals surface area contributed by atoms with E-state index in [0.29, 0.717) is 11.8 Å². The molecule has 1 saturated heterocycles. The fourth-order valence-corrected chi connectivity index (χ4v) is 5.19. The lowest BCUT2D eigenvalue weighted by atomic mass is 10.0. The fraction of sp³-hybridized carbons (Fsp3) is 0.375. The van der Waals surface area contributed by atoms with Gasteiger partial charge in [0.25, 0.3) is 0 Å². The van der Waals surface area contributed by atoms with Gasteiger partial charge in [-0.25, -0.2) is 0 Å². The van der Waals surface area contributed by atoms with Crippen LogP contribution in [0.2, 0.25) is 0 Å². The minimum atomic E-state index is 0.122. The van der Waals surface area contributed by atoms with Crippen LogP contribution in [0.15, 0.2) is 58.2 Å². The van der Waals surface area contributed by atoms with Crippen LogP contribution in [0.3, 0.4) is 0 Å². The van der Waals surface area contributed by atoms with E-state index >= 15 is 0 Å². The molecule has 5 rings (SSSR count). The molecule has 2 aromatic carbocycles. The van der Waals surface area contributed by atoms with Gasteiger partial charge in [0.15, 0.2) is 10.9 Å². The number of hydrogen-bond donors (Lipinski definition) is 0. The summed E-state index contributed by atoms with van der Waals surface area (Å²) in [7, 11) is 0. The number of nitrogens with zero attached hydrogens (tertiary/aromatic N) is 4. The second kappa shape index (κ2) is 9.17. The van der Waals surface area contributed by atoms with Crippen molar-refractivity contribution < 1.29 is 4.79 Å². The smallest absolute Gasteiger partial charge is 0.228 e. The number of Topliss-reactive ketones (excluding diaryl/α,β-unsaturated/α-hetero) is 1. The summed E-state index contributed by atoms with van der Waals surface area (Å²) in [5.41, 5.74) is 2.98. The van der Waals surface area contributed by atoms with E-state index in [1.54, 1.807) is 0 Å². The third-order valence-corrected chi connectivity index (χ3v) is 7.39. The molecule has 0 radical (unpaired) electrons. The van der Waals surface area contributed by atoms with E-state index in [4.69, 9.17) is 0 Å². The maximum absolute atomic E-state index is 12.8. The average molecular weight is 497 g/mol. The number of hydrogen-bond acceptors (Lipinski definition) is 5. The van der Waals surface area contributed by atoms with E-state index in [2.05, 4.69) is 47.7 Å². The Kier molecular flexibility index (Phi) is 6.14. The van der Waals surface area contributed by atoms with E-state index in [-0.39, 0.29) is 5.78 Å². The molecule has 5 nitrogen and oxygen atoms in total. The van der Waals surface area contributed by atoms with Crippen molar-refractivity contribution >= 4 is 39.4 Å². The average Bonchev–Trinajstić information content (AvgIpc) is 3.57. The highest BCUT2D eigenvalue weighted by Crippen LogP contribution is 2.41. The maximum Gasteiger partial charge on any atom is 0.228 e. The van der Waals surface area contributed by atoms with Crippen LogP contribution in [0.25, 0.3) is 11.1 Å². The lowest BCUT2D eigenvalue weighted by Crippen LogP contribution is -2.31. The molecule has 1 aromatic heterocycles. The Labute approximate surface area is 195 Å². The van der Waals surface area contributed by atoms with Crippen molar-refractivity contribution in [2.24, 2.45) is 0 Å². The van der Waals surface area contributed by atoms with Crippen molar-refractivity contribution in [1.29, 1.82) is 0 Å². The molecule has 0 atom stereocenters. The van der Waals surface area contributed by atoms with Crippen LogP contribution in [-0.2, 0) is 0 Å². The number of carbonyl (C=O) groups is 1. The molecule has 31 heavy (non-hydrogen) atoms. The lowest BCUT2D eigenvalue weighted by Gasteiger charge is -2.27. The molecular formula is C24H25BrN4OS. The highest BCUT2D eigenvalue weighted by Gasteiger charge is 2.32. The van der Waals surface area contributed by atoms with E-state index in [1.165, 1.54) is 43.9 Å². The number of piperidine rings is 1. The molecule has 1 saturated carbocycles. The molecule has 0 unspecified atom stereocenters. The molecule has 1 aliphatic heterocycles. The van der Waals surface area contributed by atoms with Gasteiger partial charge in [0, 0.05) is 29.2 Å². The predicted octanol–water partition coefficient (Wildman–Crippen LogP) is 6.01. The summed E-state index contributed by atoms with van der Waals surface area (Å²) < 4.78 is 3.34. The van der Waals surface area contributed by atoms with Crippen LogP contribution in [-0.4, -0.2) is 39.4 Å². The summed E-state index contributed by atoms with van der Waals surface area (Å²) in [5, 5.41) is 9.84. The Balaban J connectivity index is 1.26. The number of rotatable bonds is 7. The highest BCUT2D eigenvalue weighted by molar-refractivity contribution is 9.10. The Bertz CT molecular complexity index is 1050. The topological polar surface area (TPSA) is 51.0 Å². The molecule has 3 aromatic rings. The zero-order valence-electron chi connectivity index (χ0n) is 17.3. The van der Waals surface area contributed by atoms with Crippen molar-refractivity contribution in [3.63, 3.8) is 0 Å². The first-order chi connectivity index (χ1) is 15.2. The minimum Gasteiger partial charge on any atom is -0.341 e.